The number of hydrogen-bond acceptors (Lipinski definition) is 2. The molecule has 1 nitrogen and oxygen atoms in total. The molecule has 0 bridgehead atoms. The Morgan fingerprint density at radius 3 is 3.00 bits per heavy atom. The third-order valence-corrected chi connectivity index (χ3v) is 3.97. The molecule has 2 aliphatic rings. The van der Waals surface area contributed by atoms with Crippen LogP contribution in [0.15, 0.2) is 12.2 Å². The van der Waals surface area contributed by atoms with Gasteiger partial charge in [0.1, 0.15) is 0 Å². The Labute approximate surface area is 86.6 Å². The molecule has 2 unspecified atom stereocenters. The fraction of sp³-hybridized carbons (Fsp3) is 0.818. The standard InChI is InChI=1S/C11H19NS/c1-9(8-13)7-12-6-5-10-3-2-4-11(10)12/h10-11,13H,1-8H2. The first-order valence-electron chi connectivity index (χ1n) is 5.33. The Bertz CT molecular complexity index is 202. The molecular formula is C11H19NS. The SMILES string of the molecule is C=C(CS)CN1CCC2CCCC21. The lowest BCUT2D eigenvalue weighted by Crippen LogP contribution is -2.31. The van der Waals surface area contributed by atoms with Gasteiger partial charge in [0.05, 0.1) is 0 Å². The third kappa shape index (κ3) is 1.94. The number of rotatable bonds is 3. The number of hydrogen-bond donors (Lipinski definition) is 1. The van der Waals surface area contributed by atoms with Crippen LogP contribution in [0, 0.1) is 5.92 Å². The van der Waals surface area contributed by atoms with Crippen LogP contribution >= 0.6 is 12.6 Å². The van der Waals surface area contributed by atoms with Crippen LogP contribution in [0.1, 0.15) is 25.7 Å². The van der Waals surface area contributed by atoms with Gasteiger partial charge < -0.3 is 0 Å². The Balaban J connectivity index is 1.90. The second-order valence-electron chi connectivity index (χ2n) is 4.43. The van der Waals surface area contributed by atoms with Gasteiger partial charge in [-0.2, -0.15) is 12.6 Å². The van der Waals surface area contributed by atoms with Crippen LogP contribution < -0.4 is 0 Å². The second kappa shape index (κ2) is 4.05. The molecule has 0 aromatic heterocycles. The Morgan fingerprint density at radius 1 is 1.38 bits per heavy atom. The van der Waals surface area contributed by atoms with E-state index in [1.807, 2.05) is 0 Å². The molecule has 0 spiro atoms. The largest absolute Gasteiger partial charge is 0.296 e. The van der Waals surface area contributed by atoms with Crippen molar-refractivity contribution >= 4 is 12.6 Å². The molecule has 0 amide bonds. The van der Waals surface area contributed by atoms with Crippen molar-refractivity contribution in [3.63, 3.8) is 0 Å². The Kier molecular flexibility index (Phi) is 2.99. The summed E-state index contributed by atoms with van der Waals surface area (Å²) in [7, 11) is 0. The molecule has 1 saturated heterocycles. The van der Waals surface area contributed by atoms with Crippen LogP contribution in [0.3, 0.4) is 0 Å². The minimum Gasteiger partial charge on any atom is -0.296 e. The Morgan fingerprint density at radius 2 is 2.23 bits per heavy atom. The van der Waals surface area contributed by atoms with Crippen LogP contribution in [0.25, 0.3) is 0 Å². The van der Waals surface area contributed by atoms with Gasteiger partial charge in [-0.05, 0) is 31.7 Å². The molecule has 1 aliphatic carbocycles. The van der Waals surface area contributed by atoms with Gasteiger partial charge in [-0.1, -0.05) is 18.6 Å². The van der Waals surface area contributed by atoms with E-state index in [9.17, 15) is 0 Å². The maximum Gasteiger partial charge on any atom is 0.0201 e. The summed E-state index contributed by atoms with van der Waals surface area (Å²) in [6.45, 7) is 6.41. The maximum atomic E-state index is 4.26. The molecule has 2 fully saturated rings. The van der Waals surface area contributed by atoms with E-state index in [2.05, 4.69) is 24.1 Å². The molecule has 13 heavy (non-hydrogen) atoms. The van der Waals surface area contributed by atoms with Gasteiger partial charge in [-0.15, -0.1) is 0 Å². The summed E-state index contributed by atoms with van der Waals surface area (Å²) in [5.41, 5.74) is 1.27. The van der Waals surface area contributed by atoms with Crippen molar-refractivity contribution in [2.24, 2.45) is 5.92 Å². The summed E-state index contributed by atoms with van der Waals surface area (Å²) in [5, 5.41) is 0. The van der Waals surface area contributed by atoms with Crippen molar-refractivity contribution in [3.05, 3.63) is 12.2 Å². The van der Waals surface area contributed by atoms with Crippen LogP contribution in [0.5, 0.6) is 0 Å². The second-order valence-corrected chi connectivity index (χ2v) is 4.74. The lowest BCUT2D eigenvalue weighted by atomic mass is 10.0. The van der Waals surface area contributed by atoms with Crippen LogP contribution in [-0.2, 0) is 0 Å². The first-order chi connectivity index (χ1) is 6.31. The number of thiol groups is 1. The molecule has 0 N–H and O–H groups in total. The summed E-state index contributed by atoms with van der Waals surface area (Å²) < 4.78 is 0. The summed E-state index contributed by atoms with van der Waals surface area (Å²) in [6, 6.07) is 0.886. The van der Waals surface area contributed by atoms with Gasteiger partial charge >= 0.3 is 0 Å². The zero-order chi connectivity index (χ0) is 9.26. The molecule has 1 heterocycles. The zero-order valence-electron chi connectivity index (χ0n) is 8.21. The van der Waals surface area contributed by atoms with E-state index in [4.69, 9.17) is 0 Å². The van der Waals surface area contributed by atoms with Crippen molar-refractivity contribution in [3.8, 4) is 0 Å². The van der Waals surface area contributed by atoms with E-state index in [0.29, 0.717) is 0 Å². The fourth-order valence-corrected chi connectivity index (χ4v) is 2.97. The van der Waals surface area contributed by atoms with Crippen molar-refractivity contribution in [2.45, 2.75) is 31.7 Å². The topological polar surface area (TPSA) is 3.24 Å². The highest BCUT2D eigenvalue weighted by atomic mass is 32.1. The molecule has 0 aromatic carbocycles. The van der Waals surface area contributed by atoms with E-state index in [-0.39, 0.29) is 0 Å². The molecule has 0 radical (unpaired) electrons. The first kappa shape index (κ1) is 9.60. The molecule has 2 heteroatoms. The average molecular weight is 197 g/mol. The predicted molar refractivity (Wildman–Crippen MR) is 60.3 cm³/mol. The van der Waals surface area contributed by atoms with Gasteiger partial charge in [0.25, 0.3) is 0 Å². The highest BCUT2D eigenvalue weighted by molar-refractivity contribution is 7.80. The van der Waals surface area contributed by atoms with Gasteiger partial charge in [-0.3, -0.25) is 4.90 Å². The monoisotopic (exact) mass is 197 g/mol. The smallest absolute Gasteiger partial charge is 0.0201 e. The van der Waals surface area contributed by atoms with Crippen molar-refractivity contribution in [1.82, 2.24) is 4.90 Å². The van der Waals surface area contributed by atoms with Crippen LogP contribution in [-0.4, -0.2) is 29.8 Å². The summed E-state index contributed by atoms with van der Waals surface area (Å²) >= 11 is 4.26. The van der Waals surface area contributed by atoms with Crippen molar-refractivity contribution in [1.29, 1.82) is 0 Å². The van der Waals surface area contributed by atoms with E-state index < -0.39 is 0 Å². The van der Waals surface area contributed by atoms with E-state index in [1.165, 1.54) is 37.8 Å². The molecule has 74 valence electrons. The molecule has 2 rings (SSSR count). The maximum absolute atomic E-state index is 4.26. The van der Waals surface area contributed by atoms with Gasteiger partial charge in [-0.25, -0.2) is 0 Å². The summed E-state index contributed by atoms with van der Waals surface area (Å²) in [4.78, 5) is 2.62. The van der Waals surface area contributed by atoms with E-state index >= 15 is 0 Å². The molecule has 2 atom stereocenters. The normalized spacial score (nSPS) is 33.6. The summed E-state index contributed by atoms with van der Waals surface area (Å²) in [6.07, 6.45) is 5.75. The molecule has 0 aromatic rings. The predicted octanol–water partition coefficient (Wildman–Crippen LogP) is 2.35. The van der Waals surface area contributed by atoms with Crippen LogP contribution in [0.2, 0.25) is 0 Å². The van der Waals surface area contributed by atoms with Crippen molar-refractivity contribution in [2.75, 3.05) is 18.8 Å². The number of nitrogens with zero attached hydrogens (tertiary/aromatic N) is 1. The fourth-order valence-electron chi connectivity index (χ4n) is 2.87. The molecule has 1 saturated carbocycles. The quantitative estimate of drug-likeness (QED) is 0.537. The molecular weight excluding hydrogens is 178 g/mol. The number of fused-ring (bicyclic) bond motifs is 1. The third-order valence-electron chi connectivity index (χ3n) is 3.53. The van der Waals surface area contributed by atoms with Crippen molar-refractivity contribution < 1.29 is 0 Å². The van der Waals surface area contributed by atoms with Gasteiger partial charge in [0.2, 0.25) is 0 Å². The first-order valence-corrected chi connectivity index (χ1v) is 5.96. The lowest BCUT2D eigenvalue weighted by Gasteiger charge is -2.23. The minimum absolute atomic E-state index is 0.841. The minimum atomic E-state index is 0.841. The van der Waals surface area contributed by atoms with Gasteiger partial charge in [0, 0.05) is 18.3 Å². The summed E-state index contributed by atoms with van der Waals surface area (Å²) in [5.74, 6) is 1.85. The highest BCUT2D eigenvalue weighted by Crippen LogP contribution is 2.37. The highest BCUT2D eigenvalue weighted by Gasteiger charge is 2.36. The van der Waals surface area contributed by atoms with E-state index in [0.717, 1.165) is 24.3 Å². The Hall–Kier alpha value is 0.0500. The van der Waals surface area contributed by atoms with E-state index in [1.54, 1.807) is 0 Å². The van der Waals surface area contributed by atoms with Gasteiger partial charge in [0.15, 0.2) is 0 Å². The number of likely N-dealkylation sites (tertiary alicyclic amines) is 1. The lowest BCUT2D eigenvalue weighted by molar-refractivity contribution is 0.261. The van der Waals surface area contributed by atoms with Crippen LogP contribution in [0.4, 0.5) is 0 Å². The zero-order valence-corrected chi connectivity index (χ0v) is 9.10. The average Bonchev–Trinajstić information content (AvgIpc) is 2.69. The molecule has 1 aliphatic heterocycles.